The SMILES string of the molecule is CCOC(=O)CN(Cc1cccc(OCc2nc(-c3cccs3)oc2C)c1)S(=O)(=O)N(C)c1ccc(Cl)cc1. The van der Waals surface area contributed by atoms with E-state index in [0.717, 1.165) is 13.5 Å². The average molecular weight is 590 g/mol. The van der Waals surface area contributed by atoms with E-state index in [-0.39, 0.29) is 19.8 Å². The summed E-state index contributed by atoms with van der Waals surface area (Å²) in [7, 11) is -2.69. The number of carbonyl (C=O) groups excluding carboxylic acids is 1. The molecule has 0 aliphatic carbocycles. The molecule has 4 rings (SSSR count). The fourth-order valence-electron chi connectivity index (χ4n) is 3.68. The Balaban J connectivity index is 1.51. The summed E-state index contributed by atoms with van der Waals surface area (Å²) in [5, 5.41) is 2.43. The number of benzene rings is 2. The van der Waals surface area contributed by atoms with Crippen LogP contribution in [-0.4, -0.2) is 43.9 Å². The Hall–Kier alpha value is -3.38. The molecule has 12 heteroatoms. The second-order valence-electron chi connectivity index (χ2n) is 8.46. The van der Waals surface area contributed by atoms with Crippen LogP contribution in [0.1, 0.15) is 23.9 Å². The van der Waals surface area contributed by atoms with Gasteiger partial charge in [0.15, 0.2) is 0 Å². The number of nitrogens with zero attached hydrogens (tertiary/aromatic N) is 3. The quantitative estimate of drug-likeness (QED) is 0.196. The van der Waals surface area contributed by atoms with E-state index in [4.69, 9.17) is 25.5 Å². The Labute approximate surface area is 236 Å². The van der Waals surface area contributed by atoms with E-state index in [1.165, 1.54) is 18.4 Å². The van der Waals surface area contributed by atoms with Crippen molar-refractivity contribution < 1.29 is 27.1 Å². The first-order chi connectivity index (χ1) is 18.7. The van der Waals surface area contributed by atoms with E-state index in [0.29, 0.717) is 39.4 Å². The molecule has 0 saturated heterocycles. The van der Waals surface area contributed by atoms with Crippen molar-refractivity contribution >= 4 is 44.8 Å². The molecule has 39 heavy (non-hydrogen) atoms. The molecule has 0 saturated carbocycles. The first kappa shape index (κ1) is 28.6. The largest absolute Gasteiger partial charge is 0.487 e. The van der Waals surface area contributed by atoms with Crippen molar-refractivity contribution in [2.45, 2.75) is 27.0 Å². The molecule has 0 atom stereocenters. The van der Waals surface area contributed by atoms with Crippen LogP contribution in [-0.2, 0) is 32.9 Å². The highest BCUT2D eigenvalue weighted by atomic mass is 35.5. The van der Waals surface area contributed by atoms with Crippen LogP contribution in [0.25, 0.3) is 10.8 Å². The van der Waals surface area contributed by atoms with Gasteiger partial charge in [0.2, 0.25) is 5.89 Å². The second kappa shape index (κ2) is 12.6. The normalized spacial score (nSPS) is 11.5. The molecule has 2 heterocycles. The maximum atomic E-state index is 13.6. The predicted octanol–water partition coefficient (Wildman–Crippen LogP) is 5.69. The zero-order chi connectivity index (χ0) is 28.0. The third-order valence-electron chi connectivity index (χ3n) is 5.73. The summed E-state index contributed by atoms with van der Waals surface area (Å²) in [4.78, 5) is 17.8. The molecule has 206 valence electrons. The Morgan fingerprint density at radius 2 is 1.90 bits per heavy atom. The van der Waals surface area contributed by atoms with Gasteiger partial charge >= 0.3 is 16.2 Å². The molecule has 0 N–H and O–H groups in total. The summed E-state index contributed by atoms with van der Waals surface area (Å²) in [6.07, 6.45) is 0. The number of esters is 1. The predicted molar refractivity (Wildman–Crippen MR) is 151 cm³/mol. The molecular formula is C27H28ClN3O6S2. The van der Waals surface area contributed by atoms with Crippen molar-refractivity contribution in [2.24, 2.45) is 0 Å². The lowest BCUT2D eigenvalue weighted by Gasteiger charge is -2.28. The molecule has 0 fully saturated rings. The Kier molecular flexibility index (Phi) is 9.28. The smallest absolute Gasteiger partial charge is 0.321 e. The molecule has 0 aliphatic rings. The number of aromatic nitrogens is 1. The van der Waals surface area contributed by atoms with Crippen LogP contribution in [0.2, 0.25) is 5.02 Å². The first-order valence-electron chi connectivity index (χ1n) is 12.0. The number of halogens is 1. The van der Waals surface area contributed by atoms with Gasteiger partial charge in [0.1, 0.15) is 30.4 Å². The molecule has 0 spiro atoms. The van der Waals surface area contributed by atoms with E-state index >= 15 is 0 Å². The lowest BCUT2D eigenvalue weighted by molar-refractivity contribution is -0.143. The molecule has 4 aromatic rings. The highest BCUT2D eigenvalue weighted by Crippen LogP contribution is 2.27. The van der Waals surface area contributed by atoms with Crippen molar-refractivity contribution in [3.8, 4) is 16.5 Å². The van der Waals surface area contributed by atoms with Gasteiger partial charge in [-0.15, -0.1) is 11.3 Å². The van der Waals surface area contributed by atoms with Gasteiger partial charge in [-0.25, -0.2) is 4.98 Å². The molecule has 0 bridgehead atoms. The van der Waals surface area contributed by atoms with Crippen molar-refractivity contribution in [3.63, 3.8) is 0 Å². The van der Waals surface area contributed by atoms with Crippen LogP contribution in [0, 0.1) is 6.92 Å². The van der Waals surface area contributed by atoms with E-state index in [9.17, 15) is 13.2 Å². The second-order valence-corrected chi connectivity index (χ2v) is 11.8. The number of carbonyl (C=O) groups is 1. The maximum Gasteiger partial charge on any atom is 0.321 e. The van der Waals surface area contributed by atoms with Crippen molar-refractivity contribution in [2.75, 3.05) is 24.5 Å². The molecule has 2 aromatic carbocycles. The van der Waals surface area contributed by atoms with Gasteiger partial charge in [-0.3, -0.25) is 9.10 Å². The summed E-state index contributed by atoms with van der Waals surface area (Å²) >= 11 is 7.49. The fourth-order valence-corrected chi connectivity index (χ4v) is 5.77. The van der Waals surface area contributed by atoms with E-state index in [2.05, 4.69) is 4.98 Å². The number of anilines is 1. The molecule has 0 unspecified atom stereocenters. The van der Waals surface area contributed by atoms with Gasteiger partial charge in [0.05, 0.1) is 17.2 Å². The van der Waals surface area contributed by atoms with E-state index in [1.54, 1.807) is 55.5 Å². The van der Waals surface area contributed by atoms with Crippen molar-refractivity contribution in [1.29, 1.82) is 0 Å². The monoisotopic (exact) mass is 589 g/mol. The molecule has 0 radical (unpaired) electrons. The number of hydrogen-bond acceptors (Lipinski definition) is 8. The van der Waals surface area contributed by atoms with Crippen LogP contribution < -0.4 is 9.04 Å². The fraction of sp³-hybridized carbons (Fsp3) is 0.259. The Morgan fingerprint density at radius 1 is 1.13 bits per heavy atom. The minimum Gasteiger partial charge on any atom is -0.487 e. The Bertz CT molecular complexity index is 1500. The zero-order valence-electron chi connectivity index (χ0n) is 21.7. The zero-order valence-corrected chi connectivity index (χ0v) is 24.1. The lowest BCUT2D eigenvalue weighted by Crippen LogP contribution is -2.44. The summed E-state index contributed by atoms with van der Waals surface area (Å²) in [5.41, 5.74) is 1.69. The topological polar surface area (TPSA) is 102 Å². The summed E-state index contributed by atoms with van der Waals surface area (Å²) in [5.74, 6) is 1.07. The number of aryl methyl sites for hydroxylation is 1. The lowest BCUT2D eigenvalue weighted by atomic mass is 10.2. The average Bonchev–Trinajstić information content (AvgIpc) is 3.57. The van der Waals surface area contributed by atoms with Gasteiger partial charge < -0.3 is 13.9 Å². The van der Waals surface area contributed by atoms with Gasteiger partial charge in [-0.2, -0.15) is 12.7 Å². The van der Waals surface area contributed by atoms with Crippen LogP contribution in [0.15, 0.2) is 70.5 Å². The molecular weight excluding hydrogens is 562 g/mol. The summed E-state index contributed by atoms with van der Waals surface area (Å²) in [6.45, 7) is 3.27. The minimum absolute atomic E-state index is 0.0816. The van der Waals surface area contributed by atoms with Crippen molar-refractivity contribution in [3.05, 3.63) is 88.1 Å². The number of rotatable bonds is 12. The molecule has 9 nitrogen and oxygen atoms in total. The van der Waals surface area contributed by atoms with Gasteiger partial charge in [0, 0.05) is 18.6 Å². The number of oxazole rings is 1. The highest BCUT2D eigenvalue weighted by molar-refractivity contribution is 7.90. The molecule has 0 aliphatic heterocycles. The number of thiophene rings is 1. The highest BCUT2D eigenvalue weighted by Gasteiger charge is 2.30. The van der Waals surface area contributed by atoms with Crippen LogP contribution in [0.4, 0.5) is 5.69 Å². The maximum absolute atomic E-state index is 13.6. The van der Waals surface area contributed by atoms with Crippen molar-refractivity contribution in [1.82, 2.24) is 9.29 Å². The van der Waals surface area contributed by atoms with Crippen LogP contribution in [0.3, 0.4) is 0 Å². The summed E-state index contributed by atoms with van der Waals surface area (Å²) in [6, 6.07) is 17.3. The van der Waals surface area contributed by atoms with E-state index < -0.39 is 22.7 Å². The van der Waals surface area contributed by atoms with Gasteiger partial charge in [-0.1, -0.05) is 29.8 Å². The molecule has 0 amide bonds. The minimum atomic E-state index is -4.11. The van der Waals surface area contributed by atoms with Crippen LogP contribution >= 0.6 is 22.9 Å². The molecule has 2 aromatic heterocycles. The third-order valence-corrected chi connectivity index (χ3v) is 8.65. The first-order valence-corrected chi connectivity index (χ1v) is 14.7. The number of ether oxygens (including phenoxy) is 2. The van der Waals surface area contributed by atoms with Gasteiger partial charge in [0.25, 0.3) is 0 Å². The standard InChI is InChI=1S/C27H28ClN3O6S2/c1-4-35-26(32)17-31(39(33,34)30(3)22-12-10-21(28)11-13-22)16-20-7-5-8-23(15-20)36-18-24-19(2)37-27(29-24)25-9-6-14-38-25/h5-15H,4,16-18H2,1-3H3. The Morgan fingerprint density at radius 3 is 2.59 bits per heavy atom. The van der Waals surface area contributed by atoms with E-state index in [1.807, 2.05) is 24.4 Å². The number of hydrogen-bond donors (Lipinski definition) is 0. The third kappa shape index (κ3) is 7.18. The summed E-state index contributed by atoms with van der Waals surface area (Å²) < 4.78 is 46.0. The van der Waals surface area contributed by atoms with Crippen LogP contribution in [0.5, 0.6) is 5.75 Å². The van der Waals surface area contributed by atoms with Gasteiger partial charge in [-0.05, 0) is 67.3 Å².